The van der Waals surface area contributed by atoms with Gasteiger partial charge < -0.3 is 15.8 Å². The Hall–Kier alpha value is -1.60. The van der Waals surface area contributed by atoms with Crippen molar-refractivity contribution in [2.24, 2.45) is 5.73 Å². The Labute approximate surface area is 143 Å². The zero-order valence-electron chi connectivity index (χ0n) is 14.8. The fraction of sp³-hybridized carbons (Fsp3) is 0.588. The normalized spacial score (nSPS) is 26.8. The van der Waals surface area contributed by atoms with E-state index in [1.54, 1.807) is 20.8 Å². The lowest BCUT2D eigenvalue weighted by molar-refractivity contribution is 0.0497. The zero-order chi connectivity index (χ0) is 18.3. The smallest absolute Gasteiger partial charge is 0.408 e. The maximum atomic E-state index is 12.2. The van der Waals surface area contributed by atoms with Crippen molar-refractivity contribution in [2.75, 3.05) is 12.8 Å². The van der Waals surface area contributed by atoms with E-state index >= 15 is 0 Å². The van der Waals surface area contributed by atoms with E-state index in [0.29, 0.717) is 0 Å². The van der Waals surface area contributed by atoms with Crippen LogP contribution in [-0.4, -0.2) is 43.7 Å². The number of hydrogen-bond acceptors (Lipinski definition) is 5. The maximum Gasteiger partial charge on any atom is 0.408 e. The topological polar surface area (TPSA) is 98.5 Å². The Morgan fingerprint density at radius 3 is 2.25 bits per heavy atom. The minimum Gasteiger partial charge on any atom is -0.444 e. The Kier molecular flexibility index (Phi) is 4.71. The van der Waals surface area contributed by atoms with E-state index in [0.717, 1.165) is 11.1 Å². The molecule has 0 saturated heterocycles. The Morgan fingerprint density at radius 2 is 1.83 bits per heavy atom. The first kappa shape index (κ1) is 18.7. The molecule has 1 aromatic carbocycles. The standard InChI is InChI=1S/C17H26N2O4S/c1-11-6-8-12(9-7-11)13-14(24(5,21)22)17(13,10-18)19-15(20)23-16(2,3)4/h6-9,13-14H,10,18H2,1-5H3,(H,19,20). The highest BCUT2D eigenvalue weighted by Gasteiger charge is 2.70. The van der Waals surface area contributed by atoms with Crippen LogP contribution in [0.1, 0.15) is 37.8 Å². The van der Waals surface area contributed by atoms with E-state index in [1.807, 2.05) is 31.2 Å². The number of sulfone groups is 1. The first-order valence-corrected chi connectivity index (χ1v) is 9.83. The van der Waals surface area contributed by atoms with Gasteiger partial charge in [0.1, 0.15) is 5.60 Å². The highest BCUT2D eigenvalue weighted by Crippen LogP contribution is 2.55. The molecule has 0 radical (unpaired) electrons. The quantitative estimate of drug-likeness (QED) is 0.858. The largest absolute Gasteiger partial charge is 0.444 e. The predicted octanol–water partition coefficient (Wildman–Crippen LogP) is 1.73. The maximum absolute atomic E-state index is 12.2. The molecule has 1 aliphatic carbocycles. The second kappa shape index (κ2) is 6.04. The Balaban J connectivity index is 2.34. The number of amides is 1. The van der Waals surface area contributed by atoms with Crippen LogP contribution >= 0.6 is 0 Å². The van der Waals surface area contributed by atoms with E-state index in [4.69, 9.17) is 10.5 Å². The summed E-state index contributed by atoms with van der Waals surface area (Å²) in [7, 11) is -3.40. The van der Waals surface area contributed by atoms with Gasteiger partial charge in [0.2, 0.25) is 0 Å². The molecule has 1 aliphatic rings. The summed E-state index contributed by atoms with van der Waals surface area (Å²) in [6, 6.07) is 7.60. The molecule has 6 nitrogen and oxygen atoms in total. The van der Waals surface area contributed by atoms with Crippen LogP contribution in [0.5, 0.6) is 0 Å². The molecule has 3 N–H and O–H groups in total. The Bertz CT molecular complexity index is 722. The first-order valence-electron chi connectivity index (χ1n) is 7.87. The zero-order valence-corrected chi connectivity index (χ0v) is 15.6. The highest BCUT2D eigenvalue weighted by atomic mass is 32.2. The predicted molar refractivity (Wildman–Crippen MR) is 93.7 cm³/mol. The van der Waals surface area contributed by atoms with Gasteiger partial charge in [-0.3, -0.25) is 0 Å². The molecule has 1 saturated carbocycles. The summed E-state index contributed by atoms with van der Waals surface area (Å²) in [4.78, 5) is 12.2. The highest BCUT2D eigenvalue weighted by molar-refractivity contribution is 7.91. The summed E-state index contributed by atoms with van der Waals surface area (Å²) in [5.74, 6) is -0.384. The van der Waals surface area contributed by atoms with Crippen LogP contribution in [0.25, 0.3) is 0 Å². The minimum absolute atomic E-state index is 0.0164. The second-order valence-corrected chi connectivity index (χ2v) is 9.68. The molecule has 1 fully saturated rings. The molecular weight excluding hydrogens is 328 g/mol. The number of nitrogens with one attached hydrogen (secondary N) is 1. The van der Waals surface area contributed by atoms with Crippen molar-refractivity contribution >= 4 is 15.9 Å². The molecule has 0 aliphatic heterocycles. The number of rotatable bonds is 4. The summed E-state index contributed by atoms with van der Waals surface area (Å²) >= 11 is 0. The number of ether oxygens (including phenoxy) is 1. The van der Waals surface area contributed by atoms with E-state index < -0.39 is 32.3 Å². The molecule has 24 heavy (non-hydrogen) atoms. The van der Waals surface area contributed by atoms with Gasteiger partial charge in [-0.05, 0) is 33.3 Å². The number of carbonyl (C=O) groups excluding carboxylic acids is 1. The lowest BCUT2D eigenvalue weighted by Crippen LogP contribution is -2.48. The van der Waals surface area contributed by atoms with Crippen molar-refractivity contribution in [3.63, 3.8) is 0 Å². The van der Waals surface area contributed by atoms with Crippen molar-refractivity contribution in [1.82, 2.24) is 5.32 Å². The van der Waals surface area contributed by atoms with Gasteiger partial charge in [-0.25, -0.2) is 13.2 Å². The van der Waals surface area contributed by atoms with Crippen molar-refractivity contribution in [3.05, 3.63) is 35.4 Å². The molecule has 0 bridgehead atoms. The third-order valence-corrected chi connectivity index (χ3v) is 5.84. The molecule has 134 valence electrons. The number of nitrogens with two attached hydrogens (primary N) is 1. The SMILES string of the molecule is Cc1ccc(C2C(S(C)(=O)=O)C2(CN)NC(=O)OC(C)(C)C)cc1. The molecule has 1 aromatic rings. The summed E-state index contributed by atoms with van der Waals surface area (Å²) < 4.78 is 29.8. The summed E-state index contributed by atoms with van der Waals surface area (Å²) in [5, 5.41) is 1.97. The van der Waals surface area contributed by atoms with Gasteiger partial charge in [-0.15, -0.1) is 0 Å². The summed E-state index contributed by atoms with van der Waals surface area (Å²) in [6.07, 6.45) is 0.517. The van der Waals surface area contributed by atoms with Crippen molar-refractivity contribution < 1.29 is 17.9 Å². The van der Waals surface area contributed by atoms with Gasteiger partial charge in [0.25, 0.3) is 0 Å². The summed E-state index contributed by atoms with van der Waals surface area (Å²) in [5.41, 5.74) is 6.10. The average Bonchev–Trinajstić information content (AvgIpc) is 3.06. The second-order valence-electron chi connectivity index (χ2n) is 7.51. The van der Waals surface area contributed by atoms with Gasteiger partial charge in [-0.1, -0.05) is 29.8 Å². The number of aryl methyl sites for hydroxylation is 1. The van der Waals surface area contributed by atoms with E-state index in [2.05, 4.69) is 5.32 Å². The van der Waals surface area contributed by atoms with Crippen LogP contribution in [0, 0.1) is 6.92 Å². The summed E-state index contributed by atoms with van der Waals surface area (Å²) in [6.45, 7) is 7.22. The van der Waals surface area contributed by atoms with Crippen LogP contribution in [0.2, 0.25) is 0 Å². The van der Waals surface area contributed by atoms with Crippen molar-refractivity contribution in [1.29, 1.82) is 0 Å². The van der Waals surface area contributed by atoms with Crippen LogP contribution in [0.4, 0.5) is 4.79 Å². The van der Waals surface area contributed by atoms with Gasteiger partial charge >= 0.3 is 6.09 Å². The molecule has 3 atom stereocenters. The molecule has 0 heterocycles. The van der Waals surface area contributed by atoms with Gasteiger partial charge in [0, 0.05) is 18.7 Å². The molecule has 1 amide bonds. The van der Waals surface area contributed by atoms with Gasteiger partial charge in [0.05, 0.1) is 10.8 Å². The third kappa shape index (κ3) is 3.72. The number of carbonyl (C=O) groups is 1. The average molecular weight is 354 g/mol. The molecule has 0 aromatic heterocycles. The number of hydrogen-bond donors (Lipinski definition) is 2. The van der Waals surface area contributed by atoms with E-state index in [1.165, 1.54) is 6.26 Å². The third-order valence-electron chi connectivity index (χ3n) is 4.23. The van der Waals surface area contributed by atoms with Gasteiger partial charge in [0.15, 0.2) is 9.84 Å². The Morgan fingerprint density at radius 1 is 1.29 bits per heavy atom. The van der Waals surface area contributed by atoms with Crippen molar-refractivity contribution in [2.45, 2.75) is 50.0 Å². The lowest BCUT2D eigenvalue weighted by atomic mass is 10.0. The first-order chi connectivity index (χ1) is 10.9. The van der Waals surface area contributed by atoms with Crippen LogP contribution in [0.3, 0.4) is 0 Å². The van der Waals surface area contributed by atoms with Crippen LogP contribution < -0.4 is 11.1 Å². The van der Waals surface area contributed by atoms with Gasteiger partial charge in [-0.2, -0.15) is 0 Å². The fourth-order valence-electron chi connectivity index (χ4n) is 3.22. The monoisotopic (exact) mass is 354 g/mol. The molecular formula is C17H26N2O4S. The molecule has 2 rings (SSSR count). The van der Waals surface area contributed by atoms with E-state index in [9.17, 15) is 13.2 Å². The minimum atomic E-state index is -3.40. The molecule has 0 spiro atoms. The molecule has 3 unspecified atom stereocenters. The lowest BCUT2D eigenvalue weighted by Gasteiger charge is -2.24. The number of benzene rings is 1. The van der Waals surface area contributed by atoms with E-state index in [-0.39, 0.29) is 12.5 Å². The fourth-order valence-corrected chi connectivity index (χ4v) is 5.10. The molecule has 7 heteroatoms. The van der Waals surface area contributed by atoms with Crippen molar-refractivity contribution in [3.8, 4) is 0 Å². The number of alkyl carbamates (subject to hydrolysis) is 1. The van der Waals surface area contributed by atoms with Crippen LogP contribution in [0.15, 0.2) is 24.3 Å². The van der Waals surface area contributed by atoms with Crippen LogP contribution in [-0.2, 0) is 14.6 Å².